The van der Waals surface area contributed by atoms with Crippen LogP contribution in [0, 0.1) is 12.8 Å². The van der Waals surface area contributed by atoms with E-state index >= 15 is 0 Å². The van der Waals surface area contributed by atoms with E-state index in [0.717, 1.165) is 69.7 Å². The number of anilines is 1. The molecule has 0 saturated carbocycles. The second-order valence-electron chi connectivity index (χ2n) is 7.57. The first-order valence-corrected chi connectivity index (χ1v) is 9.83. The van der Waals surface area contributed by atoms with Gasteiger partial charge in [-0.25, -0.2) is 9.97 Å². The molecule has 1 aromatic rings. The predicted octanol–water partition coefficient (Wildman–Crippen LogP) is 1.30. The molecule has 0 radical (unpaired) electrons. The number of hydrogen-bond acceptors (Lipinski definition) is 5. The molecular weight excluding hydrogens is 330 g/mol. The zero-order chi connectivity index (χ0) is 18.1. The fourth-order valence-electron chi connectivity index (χ4n) is 4.36. The fourth-order valence-corrected chi connectivity index (χ4v) is 4.36. The van der Waals surface area contributed by atoms with E-state index in [4.69, 9.17) is 0 Å². The van der Waals surface area contributed by atoms with Gasteiger partial charge in [-0.05, 0) is 45.4 Å². The molecule has 4 rings (SSSR count). The van der Waals surface area contributed by atoms with Crippen LogP contribution in [0.4, 0.5) is 5.82 Å². The number of carbonyl (C=O) groups is 2. The molecular formula is C19H27N5O2. The summed E-state index contributed by atoms with van der Waals surface area (Å²) in [7, 11) is 0. The van der Waals surface area contributed by atoms with Crippen molar-refractivity contribution in [3.8, 4) is 0 Å². The zero-order valence-corrected chi connectivity index (χ0v) is 15.5. The van der Waals surface area contributed by atoms with Crippen LogP contribution in [0.1, 0.15) is 54.0 Å². The Labute approximate surface area is 154 Å². The zero-order valence-electron chi connectivity index (χ0n) is 15.5. The maximum atomic E-state index is 12.8. The van der Waals surface area contributed by atoms with Crippen LogP contribution in [0.3, 0.4) is 0 Å². The molecule has 0 aliphatic carbocycles. The van der Waals surface area contributed by atoms with Gasteiger partial charge in [0.15, 0.2) is 0 Å². The Morgan fingerprint density at radius 1 is 1.08 bits per heavy atom. The smallest absolute Gasteiger partial charge is 0.270 e. The van der Waals surface area contributed by atoms with Gasteiger partial charge >= 0.3 is 0 Å². The molecule has 7 heteroatoms. The van der Waals surface area contributed by atoms with Gasteiger partial charge in [0.2, 0.25) is 5.91 Å². The third-order valence-corrected chi connectivity index (χ3v) is 5.78. The van der Waals surface area contributed by atoms with Crippen molar-refractivity contribution >= 4 is 17.6 Å². The number of likely N-dealkylation sites (tertiary alicyclic amines) is 1. The van der Waals surface area contributed by atoms with Gasteiger partial charge in [0.25, 0.3) is 5.91 Å². The summed E-state index contributed by atoms with van der Waals surface area (Å²) in [5.74, 6) is 1.89. The fraction of sp³-hybridized carbons (Fsp3) is 0.684. The van der Waals surface area contributed by atoms with E-state index in [0.29, 0.717) is 24.0 Å². The molecule has 0 aromatic carbocycles. The van der Waals surface area contributed by atoms with Gasteiger partial charge in [0.05, 0.1) is 0 Å². The molecule has 0 bridgehead atoms. The summed E-state index contributed by atoms with van der Waals surface area (Å²) >= 11 is 0. The Bertz CT molecular complexity index is 706. The Hall–Kier alpha value is -2.18. The summed E-state index contributed by atoms with van der Waals surface area (Å²) in [5, 5.41) is 2.86. The lowest BCUT2D eigenvalue weighted by molar-refractivity contribution is -0.137. The lowest BCUT2D eigenvalue weighted by atomic mass is 9.93. The number of fused-ring (bicyclic) bond motifs is 1. The van der Waals surface area contributed by atoms with Crippen molar-refractivity contribution in [1.29, 1.82) is 0 Å². The molecule has 1 N–H and O–H groups in total. The number of amides is 2. The van der Waals surface area contributed by atoms with E-state index in [1.807, 2.05) is 6.92 Å². The standard InChI is InChI=1S/C19H27N5O2/c1-13-21-16-15(5-8-20-18(16)25)17(22-13)23-11-6-14(7-12-23)19(26)24-9-3-2-4-10-24/h14H,2-12H2,1H3,(H,20,25). The minimum Gasteiger partial charge on any atom is -0.356 e. The highest BCUT2D eigenvalue weighted by Crippen LogP contribution is 2.29. The maximum absolute atomic E-state index is 12.8. The van der Waals surface area contributed by atoms with E-state index in [1.54, 1.807) is 0 Å². The first kappa shape index (κ1) is 17.2. The van der Waals surface area contributed by atoms with Gasteiger partial charge in [0.1, 0.15) is 17.3 Å². The molecule has 3 aliphatic heterocycles. The normalized spacial score (nSPS) is 21.3. The maximum Gasteiger partial charge on any atom is 0.270 e. The van der Waals surface area contributed by atoms with Gasteiger partial charge in [0, 0.05) is 44.2 Å². The van der Waals surface area contributed by atoms with Crippen LogP contribution in [0.25, 0.3) is 0 Å². The molecule has 1 aromatic heterocycles. The summed E-state index contributed by atoms with van der Waals surface area (Å²) in [6.45, 7) is 5.94. The molecule has 140 valence electrons. The van der Waals surface area contributed by atoms with Crippen LogP contribution in [0.5, 0.6) is 0 Å². The first-order valence-electron chi connectivity index (χ1n) is 9.83. The van der Waals surface area contributed by atoms with Gasteiger partial charge in [-0.15, -0.1) is 0 Å². The van der Waals surface area contributed by atoms with Crippen molar-refractivity contribution in [2.45, 2.75) is 45.4 Å². The molecule has 2 saturated heterocycles. The Morgan fingerprint density at radius 2 is 1.81 bits per heavy atom. The van der Waals surface area contributed by atoms with E-state index in [2.05, 4.69) is 25.1 Å². The molecule has 26 heavy (non-hydrogen) atoms. The number of aromatic nitrogens is 2. The van der Waals surface area contributed by atoms with Crippen molar-refractivity contribution in [2.24, 2.45) is 5.92 Å². The summed E-state index contributed by atoms with van der Waals surface area (Å²) < 4.78 is 0. The summed E-state index contributed by atoms with van der Waals surface area (Å²) in [6, 6.07) is 0. The predicted molar refractivity (Wildman–Crippen MR) is 98.2 cm³/mol. The number of nitrogens with zero attached hydrogens (tertiary/aromatic N) is 4. The molecule has 2 fully saturated rings. The average molecular weight is 357 g/mol. The van der Waals surface area contributed by atoms with Gasteiger partial charge in [-0.1, -0.05) is 0 Å². The van der Waals surface area contributed by atoms with Crippen LogP contribution in [0.15, 0.2) is 0 Å². The largest absolute Gasteiger partial charge is 0.356 e. The molecule has 4 heterocycles. The van der Waals surface area contributed by atoms with Crippen LogP contribution in [-0.2, 0) is 11.2 Å². The number of carbonyl (C=O) groups excluding carboxylic acids is 2. The molecule has 3 aliphatic rings. The van der Waals surface area contributed by atoms with Crippen molar-refractivity contribution < 1.29 is 9.59 Å². The van der Waals surface area contributed by atoms with Crippen molar-refractivity contribution in [3.05, 3.63) is 17.1 Å². The summed E-state index contributed by atoms with van der Waals surface area (Å²) in [6.07, 6.45) is 6.01. The second kappa shape index (κ2) is 7.21. The third-order valence-electron chi connectivity index (χ3n) is 5.78. The van der Waals surface area contributed by atoms with Gasteiger partial charge < -0.3 is 15.1 Å². The average Bonchev–Trinajstić information content (AvgIpc) is 2.68. The van der Waals surface area contributed by atoms with Crippen molar-refractivity contribution in [3.63, 3.8) is 0 Å². The highest BCUT2D eigenvalue weighted by atomic mass is 16.2. The van der Waals surface area contributed by atoms with Crippen LogP contribution in [-0.4, -0.2) is 59.4 Å². The van der Waals surface area contributed by atoms with Gasteiger partial charge in [-0.2, -0.15) is 0 Å². The number of hydrogen-bond donors (Lipinski definition) is 1. The first-order chi connectivity index (χ1) is 12.6. The van der Waals surface area contributed by atoms with E-state index < -0.39 is 0 Å². The van der Waals surface area contributed by atoms with Crippen LogP contribution in [0.2, 0.25) is 0 Å². The molecule has 0 spiro atoms. The van der Waals surface area contributed by atoms with Gasteiger partial charge in [-0.3, -0.25) is 9.59 Å². The second-order valence-corrected chi connectivity index (χ2v) is 7.57. The molecule has 0 unspecified atom stereocenters. The Kier molecular flexibility index (Phi) is 4.78. The molecule has 2 amide bonds. The number of piperidine rings is 2. The topological polar surface area (TPSA) is 78.4 Å². The number of rotatable bonds is 2. The van der Waals surface area contributed by atoms with Crippen molar-refractivity contribution in [2.75, 3.05) is 37.6 Å². The summed E-state index contributed by atoms with van der Waals surface area (Å²) in [5.41, 5.74) is 1.48. The van der Waals surface area contributed by atoms with E-state index in [-0.39, 0.29) is 11.8 Å². The minimum atomic E-state index is -0.104. The minimum absolute atomic E-state index is 0.104. The number of aryl methyl sites for hydroxylation is 1. The highest BCUT2D eigenvalue weighted by molar-refractivity contribution is 5.96. The monoisotopic (exact) mass is 357 g/mol. The van der Waals surface area contributed by atoms with Crippen LogP contribution < -0.4 is 10.2 Å². The Balaban J connectivity index is 1.47. The third kappa shape index (κ3) is 3.27. The Morgan fingerprint density at radius 3 is 2.54 bits per heavy atom. The van der Waals surface area contributed by atoms with E-state index in [1.165, 1.54) is 6.42 Å². The quantitative estimate of drug-likeness (QED) is 0.863. The van der Waals surface area contributed by atoms with Crippen molar-refractivity contribution in [1.82, 2.24) is 20.2 Å². The summed E-state index contributed by atoms with van der Waals surface area (Å²) in [4.78, 5) is 38.2. The lowest BCUT2D eigenvalue weighted by Gasteiger charge is -2.37. The van der Waals surface area contributed by atoms with E-state index in [9.17, 15) is 9.59 Å². The number of nitrogens with one attached hydrogen (secondary N) is 1. The van der Waals surface area contributed by atoms with Crippen LogP contribution >= 0.6 is 0 Å². The lowest BCUT2D eigenvalue weighted by Crippen LogP contribution is -2.45. The molecule has 7 nitrogen and oxygen atoms in total. The SMILES string of the molecule is Cc1nc2c(c(N3CCC(C(=O)N4CCCCC4)CC3)n1)CCNC2=O. The highest BCUT2D eigenvalue weighted by Gasteiger charge is 2.32. The molecule has 0 atom stereocenters.